The van der Waals surface area contributed by atoms with Crippen LogP contribution in [0.5, 0.6) is 5.88 Å². The van der Waals surface area contributed by atoms with E-state index < -0.39 is 0 Å². The van der Waals surface area contributed by atoms with Crippen molar-refractivity contribution in [2.45, 2.75) is 26.0 Å². The molecule has 128 valence electrons. The maximum Gasteiger partial charge on any atom is 0.242 e. The molecule has 4 rings (SSSR count). The van der Waals surface area contributed by atoms with Gasteiger partial charge in [0.25, 0.3) is 0 Å². The van der Waals surface area contributed by atoms with Crippen molar-refractivity contribution in [3.05, 3.63) is 48.4 Å². The van der Waals surface area contributed by atoms with Crippen molar-refractivity contribution in [1.29, 1.82) is 0 Å². The second kappa shape index (κ2) is 6.51. The molecule has 1 aliphatic rings. The standard InChI is InChI=1S/C18H19N5O2/c1-13-6-7-17(21-20-13)25-14-8-9-22(10-14)18(24)11-23-12-19-15-4-2-3-5-16(15)23/h2-7,12,14H,8-11H2,1H3. The van der Waals surface area contributed by atoms with Crippen LogP contribution in [-0.4, -0.2) is 49.7 Å². The number of hydrogen-bond donors (Lipinski definition) is 0. The molecule has 3 aromatic rings. The Labute approximate surface area is 145 Å². The molecule has 7 heteroatoms. The molecule has 1 amide bonds. The lowest BCUT2D eigenvalue weighted by Crippen LogP contribution is -2.33. The van der Waals surface area contributed by atoms with Gasteiger partial charge in [0.05, 0.1) is 29.6 Å². The van der Waals surface area contributed by atoms with Crippen LogP contribution in [0.1, 0.15) is 12.1 Å². The number of rotatable bonds is 4. The third-order valence-corrected chi connectivity index (χ3v) is 4.39. The maximum atomic E-state index is 12.6. The minimum absolute atomic E-state index is 0.0412. The van der Waals surface area contributed by atoms with Crippen LogP contribution in [0.4, 0.5) is 0 Å². The van der Waals surface area contributed by atoms with Crippen LogP contribution in [0.25, 0.3) is 11.0 Å². The van der Waals surface area contributed by atoms with Gasteiger partial charge in [0.2, 0.25) is 11.8 Å². The Bertz CT molecular complexity index is 890. The molecule has 0 radical (unpaired) electrons. The SMILES string of the molecule is Cc1ccc(OC2CCN(C(=O)Cn3cnc4ccccc43)C2)nn1. The zero-order chi connectivity index (χ0) is 17.2. The number of likely N-dealkylation sites (tertiary alicyclic amines) is 1. The van der Waals surface area contributed by atoms with Gasteiger partial charge in [-0.25, -0.2) is 4.98 Å². The Balaban J connectivity index is 1.38. The summed E-state index contributed by atoms with van der Waals surface area (Å²) >= 11 is 0. The van der Waals surface area contributed by atoms with Gasteiger partial charge in [0, 0.05) is 19.0 Å². The molecule has 1 unspecified atom stereocenters. The molecule has 0 bridgehead atoms. The number of carbonyl (C=O) groups is 1. The monoisotopic (exact) mass is 337 g/mol. The first-order chi connectivity index (χ1) is 12.2. The average Bonchev–Trinajstić information content (AvgIpc) is 3.25. The number of imidazole rings is 1. The van der Waals surface area contributed by atoms with Crippen LogP contribution < -0.4 is 4.74 Å². The zero-order valence-electron chi connectivity index (χ0n) is 14.0. The number of fused-ring (bicyclic) bond motifs is 1. The number of aryl methyl sites for hydroxylation is 1. The van der Waals surface area contributed by atoms with Crippen molar-refractivity contribution in [3.8, 4) is 5.88 Å². The van der Waals surface area contributed by atoms with Gasteiger partial charge in [-0.15, -0.1) is 5.10 Å². The molecular formula is C18H19N5O2. The van der Waals surface area contributed by atoms with Crippen molar-refractivity contribution in [1.82, 2.24) is 24.6 Å². The summed E-state index contributed by atoms with van der Waals surface area (Å²) < 4.78 is 7.72. The largest absolute Gasteiger partial charge is 0.471 e. The second-order valence-electron chi connectivity index (χ2n) is 6.24. The Morgan fingerprint density at radius 1 is 1.24 bits per heavy atom. The highest BCUT2D eigenvalue weighted by Gasteiger charge is 2.28. The highest BCUT2D eigenvalue weighted by Crippen LogP contribution is 2.18. The Morgan fingerprint density at radius 3 is 2.96 bits per heavy atom. The van der Waals surface area contributed by atoms with Gasteiger partial charge in [0.15, 0.2) is 0 Å². The zero-order valence-corrected chi connectivity index (χ0v) is 14.0. The van der Waals surface area contributed by atoms with E-state index in [1.165, 1.54) is 0 Å². The third-order valence-electron chi connectivity index (χ3n) is 4.39. The summed E-state index contributed by atoms with van der Waals surface area (Å²) in [5.74, 6) is 0.578. The Morgan fingerprint density at radius 2 is 2.12 bits per heavy atom. The number of ether oxygens (including phenoxy) is 1. The van der Waals surface area contributed by atoms with E-state index in [9.17, 15) is 4.79 Å². The summed E-state index contributed by atoms with van der Waals surface area (Å²) in [6, 6.07) is 11.5. The molecule has 1 saturated heterocycles. The number of carbonyl (C=O) groups excluding carboxylic acids is 1. The lowest BCUT2D eigenvalue weighted by atomic mass is 10.3. The van der Waals surface area contributed by atoms with E-state index in [1.54, 1.807) is 6.33 Å². The highest BCUT2D eigenvalue weighted by atomic mass is 16.5. The summed E-state index contributed by atoms with van der Waals surface area (Å²) in [4.78, 5) is 18.8. The quantitative estimate of drug-likeness (QED) is 0.726. The van der Waals surface area contributed by atoms with E-state index in [0.29, 0.717) is 19.0 Å². The summed E-state index contributed by atoms with van der Waals surface area (Å²) in [6.07, 6.45) is 2.47. The van der Waals surface area contributed by atoms with Gasteiger partial charge >= 0.3 is 0 Å². The molecule has 0 saturated carbocycles. The molecule has 0 N–H and O–H groups in total. The first-order valence-electron chi connectivity index (χ1n) is 8.34. The molecule has 1 aromatic carbocycles. The third kappa shape index (κ3) is 3.31. The molecule has 0 spiro atoms. The first kappa shape index (κ1) is 15.6. The molecule has 3 heterocycles. The van der Waals surface area contributed by atoms with Gasteiger partial charge < -0.3 is 14.2 Å². The number of hydrogen-bond acceptors (Lipinski definition) is 5. The van der Waals surface area contributed by atoms with E-state index in [0.717, 1.165) is 23.1 Å². The maximum absolute atomic E-state index is 12.6. The number of benzene rings is 1. The predicted octanol–water partition coefficient (Wildman–Crippen LogP) is 1.81. The molecule has 1 fully saturated rings. The number of para-hydroxylation sites is 2. The molecule has 1 atom stereocenters. The molecule has 7 nitrogen and oxygen atoms in total. The first-order valence-corrected chi connectivity index (χ1v) is 8.34. The fourth-order valence-corrected chi connectivity index (χ4v) is 3.05. The van der Waals surface area contributed by atoms with Gasteiger partial charge in [0.1, 0.15) is 12.6 Å². The van der Waals surface area contributed by atoms with E-state index in [4.69, 9.17) is 4.74 Å². The second-order valence-corrected chi connectivity index (χ2v) is 6.24. The summed E-state index contributed by atoms with van der Waals surface area (Å²) in [5, 5.41) is 8.01. The lowest BCUT2D eigenvalue weighted by Gasteiger charge is -2.17. The van der Waals surface area contributed by atoms with Crippen molar-refractivity contribution < 1.29 is 9.53 Å². The molecule has 0 aliphatic carbocycles. The molecule has 25 heavy (non-hydrogen) atoms. The van der Waals surface area contributed by atoms with Crippen molar-refractivity contribution in [3.63, 3.8) is 0 Å². The normalized spacial score (nSPS) is 17.2. The lowest BCUT2D eigenvalue weighted by molar-refractivity contribution is -0.131. The van der Waals surface area contributed by atoms with Crippen LogP contribution in [-0.2, 0) is 11.3 Å². The van der Waals surface area contributed by atoms with Gasteiger partial charge in [-0.05, 0) is 25.1 Å². The van der Waals surface area contributed by atoms with E-state index in [1.807, 2.05) is 52.8 Å². The highest BCUT2D eigenvalue weighted by molar-refractivity contribution is 5.80. The van der Waals surface area contributed by atoms with Crippen LogP contribution in [0.3, 0.4) is 0 Å². The van der Waals surface area contributed by atoms with E-state index in [-0.39, 0.29) is 18.6 Å². The van der Waals surface area contributed by atoms with Gasteiger partial charge in [-0.2, -0.15) is 5.10 Å². The van der Waals surface area contributed by atoms with E-state index >= 15 is 0 Å². The predicted molar refractivity (Wildman–Crippen MR) is 92.1 cm³/mol. The molecule has 1 aliphatic heterocycles. The van der Waals surface area contributed by atoms with Crippen molar-refractivity contribution in [2.75, 3.05) is 13.1 Å². The van der Waals surface area contributed by atoms with Gasteiger partial charge in [-0.3, -0.25) is 4.79 Å². The summed E-state index contributed by atoms with van der Waals surface area (Å²) in [5.41, 5.74) is 2.72. The molecule has 2 aromatic heterocycles. The average molecular weight is 337 g/mol. The van der Waals surface area contributed by atoms with Crippen LogP contribution in [0.2, 0.25) is 0 Å². The number of nitrogens with zero attached hydrogens (tertiary/aromatic N) is 5. The fraction of sp³-hybridized carbons (Fsp3) is 0.333. The fourth-order valence-electron chi connectivity index (χ4n) is 3.05. The minimum atomic E-state index is -0.0412. The van der Waals surface area contributed by atoms with Crippen molar-refractivity contribution in [2.24, 2.45) is 0 Å². The number of aromatic nitrogens is 4. The topological polar surface area (TPSA) is 73.1 Å². The smallest absolute Gasteiger partial charge is 0.242 e. The van der Waals surface area contributed by atoms with Crippen LogP contribution in [0.15, 0.2) is 42.7 Å². The minimum Gasteiger partial charge on any atom is -0.471 e. The summed E-state index contributed by atoms with van der Waals surface area (Å²) in [6.45, 7) is 3.43. The van der Waals surface area contributed by atoms with Gasteiger partial charge in [-0.1, -0.05) is 12.1 Å². The molecular weight excluding hydrogens is 318 g/mol. The van der Waals surface area contributed by atoms with Crippen LogP contribution >= 0.6 is 0 Å². The van der Waals surface area contributed by atoms with Crippen molar-refractivity contribution >= 4 is 16.9 Å². The number of amides is 1. The Kier molecular flexibility index (Phi) is 4.05. The summed E-state index contributed by atoms with van der Waals surface area (Å²) in [7, 11) is 0. The van der Waals surface area contributed by atoms with Crippen LogP contribution in [0, 0.1) is 6.92 Å². The Hall–Kier alpha value is -2.96. The van der Waals surface area contributed by atoms with E-state index in [2.05, 4.69) is 15.2 Å².